The first-order valence-electron chi connectivity index (χ1n) is 7.54. The van der Waals surface area contributed by atoms with Crippen molar-refractivity contribution in [2.75, 3.05) is 6.54 Å². The number of carbonyl (C=O) groups is 1. The average Bonchev–Trinajstić information content (AvgIpc) is 2.48. The largest absolute Gasteiger partial charge is 0.311 e. The average molecular weight is 316 g/mol. The highest BCUT2D eigenvalue weighted by molar-refractivity contribution is 6.30. The van der Waals surface area contributed by atoms with Crippen molar-refractivity contribution < 1.29 is 4.79 Å². The Kier molecular flexibility index (Phi) is 5.76. The molecule has 0 aromatic heterocycles. The Hall–Kier alpha value is -1.64. The zero-order valence-corrected chi connectivity index (χ0v) is 13.9. The van der Waals surface area contributed by atoms with Gasteiger partial charge in [-0.15, -0.1) is 0 Å². The maximum Gasteiger partial charge on any atom is 0.164 e. The van der Waals surface area contributed by atoms with Gasteiger partial charge in [-0.1, -0.05) is 41.9 Å². The number of ketones is 1. The molecule has 0 saturated heterocycles. The lowest BCUT2D eigenvalue weighted by Crippen LogP contribution is -2.42. The van der Waals surface area contributed by atoms with E-state index in [1.807, 2.05) is 6.07 Å². The zero-order valence-electron chi connectivity index (χ0n) is 13.1. The van der Waals surface area contributed by atoms with E-state index in [1.54, 1.807) is 24.3 Å². The Morgan fingerprint density at radius 3 is 2.32 bits per heavy atom. The molecule has 0 saturated carbocycles. The molecule has 0 spiro atoms. The van der Waals surface area contributed by atoms with Crippen molar-refractivity contribution in [1.82, 2.24) is 5.32 Å². The van der Waals surface area contributed by atoms with E-state index in [0.29, 0.717) is 23.6 Å². The van der Waals surface area contributed by atoms with Gasteiger partial charge in [-0.25, -0.2) is 0 Å². The number of halogens is 1. The van der Waals surface area contributed by atoms with Gasteiger partial charge in [-0.05, 0) is 50.1 Å². The second-order valence-electron chi connectivity index (χ2n) is 6.15. The van der Waals surface area contributed by atoms with E-state index in [4.69, 9.17) is 11.6 Å². The van der Waals surface area contributed by atoms with Gasteiger partial charge in [0.05, 0.1) is 0 Å². The molecule has 1 N–H and O–H groups in total. The summed E-state index contributed by atoms with van der Waals surface area (Å²) < 4.78 is 0. The molecule has 3 heteroatoms. The standard InChI is InChI=1S/C19H22ClNO/c1-19(2,14-15-6-4-3-5-7-15)21-13-12-18(22)16-8-10-17(20)11-9-16/h3-11,21H,12-14H2,1-2H3. The number of rotatable bonds is 7. The quantitative estimate of drug-likeness (QED) is 0.761. The molecule has 2 rings (SSSR count). The molecule has 0 bridgehead atoms. The van der Waals surface area contributed by atoms with Gasteiger partial charge in [0.15, 0.2) is 5.78 Å². The highest BCUT2D eigenvalue weighted by atomic mass is 35.5. The van der Waals surface area contributed by atoms with Gasteiger partial charge in [-0.2, -0.15) is 0 Å². The van der Waals surface area contributed by atoms with Gasteiger partial charge in [0.1, 0.15) is 0 Å². The molecule has 22 heavy (non-hydrogen) atoms. The monoisotopic (exact) mass is 315 g/mol. The van der Waals surface area contributed by atoms with Gasteiger partial charge >= 0.3 is 0 Å². The Balaban J connectivity index is 1.82. The van der Waals surface area contributed by atoms with Crippen LogP contribution in [-0.2, 0) is 6.42 Å². The molecule has 0 aliphatic rings. The fraction of sp³-hybridized carbons (Fsp3) is 0.316. The molecule has 0 atom stereocenters. The van der Waals surface area contributed by atoms with E-state index >= 15 is 0 Å². The van der Waals surface area contributed by atoms with Crippen LogP contribution in [0.1, 0.15) is 36.2 Å². The zero-order chi connectivity index (χ0) is 16.0. The van der Waals surface area contributed by atoms with E-state index in [1.165, 1.54) is 5.56 Å². The lowest BCUT2D eigenvalue weighted by Gasteiger charge is -2.26. The fourth-order valence-electron chi connectivity index (χ4n) is 2.46. The van der Waals surface area contributed by atoms with E-state index in [0.717, 1.165) is 6.42 Å². The Bertz CT molecular complexity index is 605. The van der Waals surface area contributed by atoms with Gasteiger partial charge in [0, 0.05) is 29.1 Å². The van der Waals surface area contributed by atoms with Crippen molar-refractivity contribution in [2.24, 2.45) is 0 Å². The molecule has 0 heterocycles. The predicted molar refractivity (Wildman–Crippen MR) is 92.6 cm³/mol. The van der Waals surface area contributed by atoms with Crippen molar-refractivity contribution in [2.45, 2.75) is 32.2 Å². The minimum absolute atomic E-state index is 0.0401. The molecule has 0 radical (unpaired) electrons. The Labute approximate surface area is 137 Å². The van der Waals surface area contributed by atoms with Crippen LogP contribution in [0.3, 0.4) is 0 Å². The van der Waals surface area contributed by atoms with Crippen LogP contribution in [0, 0.1) is 0 Å². The van der Waals surface area contributed by atoms with Crippen molar-refractivity contribution in [3.8, 4) is 0 Å². The third-order valence-electron chi connectivity index (χ3n) is 3.61. The maximum absolute atomic E-state index is 12.1. The summed E-state index contributed by atoms with van der Waals surface area (Å²) in [6.07, 6.45) is 1.42. The molecule has 2 aromatic carbocycles. The lowest BCUT2D eigenvalue weighted by molar-refractivity contribution is 0.0980. The molecule has 2 nitrogen and oxygen atoms in total. The predicted octanol–water partition coefficient (Wildman–Crippen LogP) is 4.52. The molecule has 0 fully saturated rings. The van der Waals surface area contributed by atoms with Crippen molar-refractivity contribution in [3.63, 3.8) is 0 Å². The summed E-state index contributed by atoms with van der Waals surface area (Å²) in [5.74, 6) is 0.139. The summed E-state index contributed by atoms with van der Waals surface area (Å²) in [6, 6.07) is 17.4. The molecular formula is C19H22ClNO. The fourth-order valence-corrected chi connectivity index (χ4v) is 2.59. The molecular weight excluding hydrogens is 294 g/mol. The summed E-state index contributed by atoms with van der Waals surface area (Å²) in [5.41, 5.74) is 1.97. The summed E-state index contributed by atoms with van der Waals surface area (Å²) in [4.78, 5) is 12.1. The van der Waals surface area contributed by atoms with E-state index in [-0.39, 0.29) is 11.3 Å². The van der Waals surface area contributed by atoms with Crippen LogP contribution < -0.4 is 5.32 Å². The highest BCUT2D eigenvalue weighted by Gasteiger charge is 2.18. The SMILES string of the molecule is CC(C)(Cc1ccccc1)NCCC(=O)c1ccc(Cl)cc1. The first kappa shape index (κ1) is 16.7. The van der Waals surface area contributed by atoms with Gasteiger partial charge in [0.25, 0.3) is 0 Å². The summed E-state index contributed by atoms with van der Waals surface area (Å²) in [7, 11) is 0. The summed E-state index contributed by atoms with van der Waals surface area (Å²) in [6.45, 7) is 4.99. The van der Waals surface area contributed by atoms with E-state index in [2.05, 4.69) is 43.4 Å². The second kappa shape index (κ2) is 7.57. The Morgan fingerprint density at radius 1 is 1.05 bits per heavy atom. The maximum atomic E-state index is 12.1. The summed E-state index contributed by atoms with van der Waals surface area (Å²) in [5, 5.41) is 4.12. The number of hydrogen-bond acceptors (Lipinski definition) is 2. The normalized spacial score (nSPS) is 11.4. The van der Waals surface area contributed by atoms with Crippen LogP contribution in [0.15, 0.2) is 54.6 Å². The van der Waals surface area contributed by atoms with Crippen LogP contribution in [-0.4, -0.2) is 17.9 Å². The first-order valence-corrected chi connectivity index (χ1v) is 7.92. The molecule has 0 aliphatic heterocycles. The van der Waals surface area contributed by atoms with E-state index in [9.17, 15) is 4.79 Å². The minimum atomic E-state index is -0.0401. The smallest absolute Gasteiger partial charge is 0.164 e. The van der Waals surface area contributed by atoms with Crippen molar-refractivity contribution in [1.29, 1.82) is 0 Å². The number of hydrogen-bond donors (Lipinski definition) is 1. The highest BCUT2D eigenvalue weighted by Crippen LogP contribution is 2.14. The number of Topliss-reactive ketones (excluding diaryl/α,β-unsaturated/α-hetero) is 1. The molecule has 116 valence electrons. The number of carbonyl (C=O) groups excluding carboxylic acids is 1. The summed E-state index contributed by atoms with van der Waals surface area (Å²) >= 11 is 5.83. The van der Waals surface area contributed by atoms with Crippen LogP contribution in [0.5, 0.6) is 0 Å². The molecule has 0 amide bonds. The molecule has 0 unspecified atom stereocenters. The third kappa shape index (κ3) is 5.28. The van der Waals surface area contributed by atoms with E-state index < -0.39 is 0 Å². The Morgan fingerprint density at radius 2 is 1.68 bits per heavy atom. The molecule has 2 aromatic rings. The van der Waals surface area contributed by atoms with Gasteiger partial charge in [0.2, 0.25) is 0 Å². The van der Waals surface area contributed by atoms with Crippen molar-refractivity contribution in [3.05, 3.63) is 70.7 Å². The van der Waals surface area contributed by atoms with Crippen molar-refractivity contribution >= 4 is 17.4 Å². The number of nitrogens with one attached hydrogen (secondary N) is 1. The third-order valence-corrected chi connectivity index (χ3v) is 3.86. The topological polar surface area (TPSA) is 29.1 Å². The van der Waals surface area contributed by atoms with Gasteiger partial charge < -0.3 is 5.32 Å². The van der Waals surface area contributed by atoms with Crippen LogP contribution >= 0.6 is 11.6 Å². The second-order valence-corrected chi connectivity index (χ2v) is 6.59. The van der Waals surface area contributed by atoms with Crippen LogP contribution in [0.4, 0.5) is 0 Å². The van der Waals surface area contributed by atoms with Gasteiger partial charge in [-0.3, -0.25) is 4.79 Å². The lowest BCUT2D eigenvalue weighted by atomic mass is 9.94. The minimum Gasteiger partial charge on any atom is -0.311 e. The molecule has 0 aliphatic carbocycles. The van der Waals surface area contributed by atoms with Crippen LogP contribution in [0.2, 0.25) is 5.02 Å². The first-order chi connectivity index (χ1) is 10.5. The van der Waals surface area contributed by atoms with Crippen LogP contribution in [0.25, 0.3) is 0 Å². The number of benzene rings is 2.